The third kappa shape index (κ3) is 3.37. The summed E-state index contributed by atoms with van der Waals surface area (Å²) in [5.74, 6) is -0.260. The van der Waals surface area contributed by atoms with E-state index in [0.717, 1.165) is 4.88 Å². The molecule has 0 radical (unpaired) electrons. The van der Waals surface area contributed by atoms with Crippen molar-refractivity contribution in [1.29, 1.82) is 0 Å². The zero-order valence-corrected chi connectivity index (χ0v) is 13.8. The van der Waals surface area contributed by atoms with E-state index in [1.165, 1.54) is 0 Å². The number of thiophene rings is 1. The van der Waals surface area contributed by atoms with Crippen molar-refractivity contribution in [3.05, 3.63) is 62.7 Å². The van der Waals surface area contributed by atoms with Gasteiger partial charge in [0.15, 0.2) is 5.69 Å². The normalized spacial score (nSPS) is 10.9. The number of fused-ring (bicyclic) bond motifs is 1. The Hall–Kier alpha value is -2.51. The molecule has 3 aromatic rings. The number of carbonyl (C=O) groups is 1. The van der Waals surface area contributed by atoms with Crippen molar-refractivity contribution in [3.8, 4) is 0 Å². The third-order valence-electron chi connectivity index (χ3n) is 3.70. The second-order valence-electron chi connectivity index (χ2n) is 5.33. The second kappa shape index (κ2) is 7.37. The lowest BCUT2D eigenvalue weighted by atomic mass is 10.1. The van der Waals surface area contributed by atoms with Gasteiger partial charge in [0.1, 0.15) is 0 Å². The average Bonchev–Trinajstić information content (AvgIpc) is 3.12. The molecule has 2 heterocycles. The summed E-state index contributed by atoms with van der Waals surface area (Å²) < 4.78 is 0. The van der Waals surface area contributed by atoms with Gasteiger partial charge in [-0.15, -0.1) is 11.3 Å². The molecule has 0 aliphatic rings. The van der Waals surface area contributed by atoms with Crippen LogP contribution in [0.2, 0.25) is 0 Å². The van der Waals surface area contributed by atoms with Crippen LogP contribution in [-0.2, 0) is 6.54 Å². The molecule has 0 saturated heterocycles. The van der Waals surface area contributed by atoms with Crippen molar-refractivity contribution >= 4 is 28.0 Å². The van der Waals surface area contributed by atoms with E-state index in [2.05, 4.69) is 10.2 Å². The zero-order valence-electron chi connectivity index (χ0n) is 12.9. The summed E-state index contributed by atoms with van der Waals surface area (Å²) in [7, 11) is 0. The number of nitrogens with one attached hydrogen (secondary N) is 1. The Morgan fingerprint density at radius 3 is 2.71 bits per heavy atom. The highest BCUT2D eigenvalue weighted by Crippen LogP contribution is 2.18. The topological polar surface area (TPSA) is 86.3 Å². The molecule has 24 heavy (non-hydrogen) atoms. The predicted molar refractivity (Wildman–Crippen MR) is 93.1 cm³/mol. The number of hydrogen-bond acceptors (Lipinski definition) is 5. The Morgan fingerprint density at radius 1 is 1.21 bits per heavy atom. The molecule has 124 valence electrons. The van der Waals surface area contributed by atoms with Gasteiger partial charge < -0.3 is 10.0 Å². The molecule has 0 aliphatic heterocycles. The number of benzene rings is 1. The summed E-state index contributed by atoms with van der Waals surface area (Å²) in [4.78, 5) is 27.5. The molecule has 0 bridgehead atoms. The molecule has 0 unspecified atom stereocenters. The van der Waals surface area contributed by atoms with Crippen LogP contribution >= 0.6 is 11.3 Å². The summed E-state index contributed by atoms with van der Waals surface area (Å²) in [6, 6.07) is 10.8. The lowest BCUT2D eigenvalue weighted by molar-refractivity contribution is 0.0729. The maximum atomic E-state index is 13.0. The molecular weight excluding hydrogens is 326 g/mol. The van der Waals surface area contributed by atoms with Gasteiger partial charge in [-0.05, 0) is 23.9 Å². The van der Waals surface area contributed by atoms with E-state index in [9.17, 15) is 9.59 Å². The van der Waals surface area contributed by atoms with Gasteiger partial charge in [0, 0.05) is 23.4 Å². The average molecular weight is 343 g/mol. The minimum atomic E-state index is -0.317. The molecule has 3 rings (SSSR count). The van der Waals surface area contributed by atoms with Crippen molar-refractivity contribution in [2.45, 2.75) is 13.0 Å². The van der Waals surface area contributed by atoms with Crippen LogP contribution in [0.3, 0.4) is 0 Å². The summed E-state index contributed by atoms with van der Waals surface area (Å²) in [6.07, 6.45) is 0.485. The van der Waals surface area contributed by atoms with E-state index in [-0.39, 0.29) is 23.8 Å². The van der Waals surface area contributed by atoms with Crippen LogP contribution < -0.4 is 5.56 Å². The number of aliphatic hydroxyl groups is 1. The highest BCUT2D eigenvalue weighted by atomic mass is 32.1. The number of rotatable bonds is 6. The minimum Gasteiger partial charge on any atom is -0.396 e. The lowest BCUT2D eigenvalue weighted by Crippen LogP contribution is -2.33. The second-order valence-corrected chi connectivity index (χ2v) is 6.36. The van der Waals surface area contributed by atoms with Crippen LogP contribution in [0, 0.1) is 0 Å². The monoisotopic (exact) mass is 343 g/mol. The summed E-state index contributed by atoms with van der Waals surface area (Å²) >= 11 is 1.57. The van der Waals surface area contributed by atoms with Gasteiger partial charge in [-0.1, -0.05) is 24.3 Å². The van der Waals surface area contributed by atoms with E-state index < -0.39 is 0 Å². The first-order valence-electron chi connectivity index (χ1n) is 7.60. The SMILES string of the molecule is O=C(c1n[nH]c(=O)c2ccccc12)N(CCCO)Cc1cccs1. The molecular formula is C17H17N3O3S. The molecule has 6 nitrogen and oxygen atoms in total. The molecule has 1 amide bonds. The molecule has 0 spiro atoms. The van der Waals surface area contributed by atoms with E-state index in [1.807, 2.05) is 17.5 Å². The number of amides is 1. The highest BCUT2D eigenvalue weighted by Gasteiger charge is 2.21. The molecule has 0 fully saturated rings. The fourth-order valence-corrected chi connectivity index (χ4v) is 3.25. The smallest absolute Gasteiger partial charge is 0.275 e. The molecule has 0 aliphatic carbocycles. The molecule has 0 saturated carbocycles. The zero-order chi connectivity index (χ0) is 16.9. The molecule has 1 aromatic carbocycles. The molecule has 7 heteroatoms. The number of nitrogens with zero attached hydrogens (tertiary/aromatic N) is 2. The van der Waals surface area contributed by atoms with Gasteiger partial charge in [0.05, 0.1) is 11.9 Å². The van der Waals surface area contributed by atoms with E-state index in [1.54, 1.807) is 40.5 Å². The van der Waals surface area contributed by atoms with E-state index in [4.69, 9.17) is 5.11 Å². The fraction of sp³-hybridized carbons (Fsp3) is 0.235. The number of aliphatic hydroxyl groups excluding tert-OH is 1. The van der Waals surface area contributed by atoms with Crippen LogP contribution in [0.25, 0.3) is 10.8 Å². The van der Waals surface area contributed by atoms with Crippen molar-refractivity contribution in [2.75, 3.05) is 13.2 Å². The van der Waals surface area contributed by atoms with Crippen LogP contribution in [0.5, 0.6) is 0 Å². The van der Waals surface area contributed by atoms with Crippen molar-refractivity contribution in [1.82, 2.24) is 15.1 Å². The van der Waals surface area contributed by atoms with Crippen molar-refractivity contribution in [2.24, 2.45) is 0 Å². The first-order valence-corrected chi connectivity index (χ1v) is 8.48. The number of H-pyrrole nitrogens is 1. The maximum absolute atomic E-state index is 13.0. The highest BCUT2D eigenvalue weighted by molar-refractivity contribution is 7.09. The summed E-state index contributed by atoms with van der Waals surface area (Å²) in [5, 5.41) is 18.4. The van der Waals surface area contributed by atoms with Gasteiger partial charge in [-0.25, -0.2) is 5.10 Å². The standard InChI is InChI=1S/C17H17N3O3S/c21-9-4-8-20(11-12-5-3-10-24-12)17(23)15-13-6-1-2-7-14(13)16(22)19-18-15/h1-3,5-7,10,21H,4,8-9,11H2,(H,19,22). The molecule has 2 N–H and O–H groups in total. The van der Waals surface area contributed by atoms with Crippen LogP contribution in [-0.4, -0.2) is 39.3 Å². The van der Waals surface area contributed by atoms with Crippen LogP contribution in [0.1, 0.15) is 21.8 Å². The quantitative estimate of drug-likeness (QED) is 0.717. The summed E-state index contributed by atoms with van der Waals surface area (Å²) in [6.45, 7) is 0.877. The first-order chi connectivity index (χ1) is 11.7. The Bertz CT molecular complexity index is 889. The van der Waals surface area contributed by atoms with Crippen LogP contribution in [0.15, 0.2) is 46.6 Å². The van der Waals surface area contributed by atoms with Crippen molar-refractivity contribution < 1.29 is 9.90 Å². The largest absolute Gasteiger partial charge is 0.396 e. The Balaban J connectivity index is 1.97. The van der Waals surface area contributed by atoms with Crippen molar-refractivity contribution in [3.63, 3.8) is 0 Å². The third-order valence-corrected chi connectivity index (χ3v) is 4.56. The van der Waals surface area contributed by atoms with Gasteiger partial charge >= 0.3 is 0 Å². The number of aromatic amines is 1. The number of aromatic nitrogens is 2. The lowest BCUT2D eigenvalue weighted by Gasteiger charge is -2.21. The molecule has 2 aromatic heterocycles. The Kier molecular flexibility index (Phi) is 5.02. The fourth-order valence-electron chi connectivity index (χ4n) is 2.53. The number of hydrogen-bond donors (Lipinski definition) is 2. The summed E-state index contributed by atoms with van der Waals surface area (Å²) in [5.41, 5.74) is -0.0954. The predicted octanol–water partition coefficient (Wildman–Crippen LogP) is 2.01. The van der Waals surface area contributed by atoms with Gasteiger partial charge in [0.25, 0.3) is 11.5 Å². The Labute approximate surface area is 142 Å². The number of carbonyl (C=O) groups excluding carboxylic acids is 1. The van der Waals surface area contributed by atoms with E-state index in [0.29, 0.717) is 30.3 Å². The van der Waals surface area contributed by atoms with E-state index >= 15 is 0 Å². The Morgan fingerprint density at radius 2 is 2.00 bits per heavy atom. The van der Waals surface area contributed by atoms with Crippen LogP contribution in [0.4, 0.5) is 0 Å². The maximum Gasteiger partial charge on any atom is 0.275 e. The van der Waals surface area contributed by atoms with Gasteiger partial charge in [-0.2, -0.15) is 5.10 Å². The first kappa shape index (κ1) is 16.4. The molecule has 0 atom stereocenters. The van der Waals surface area contributed by atoms with Gasteiger partial charge in [-0.3, -0.25) is 9.59 Å². The van der Waals surface area contributed by atoms with Gasteiger partial charge in [0.2, 0.25) is 0 Å². The minimum absolute atomic E-state index is 0.00796.